The third-order valence-corrected chi connectivity index (χ3v) is 8.77. The minimum atomic E-state index is -2.61. The minimum Gasteiger partial charge on any atom is -0.497 e. The van der Waals surface area contributed by atoms with Gasteiger partial charge in [0.15, 0.2) is 29.3 Å². The van der Waals surface area contributed by atoms with E-state index in [-0.39, 0.29) is 26.1 Å². The van der Waals surface area contributed by atoms with Crippen molar-refractivity contribution in [2.45, 2.75) is 87.2 Å². The highest BCUT2D eigenvalue weighted by molar-refractivity contribution is 5.89. The molecule has 5 atom stereocenters. The van der Waals surface area contributed by atoms with E-state index >= 15 is 0 Å². The van der Waals surface area contributed by atoms with Crippen LogP contribution in [0.2, 0.25) is 0 Å². The number of nitrogens with zero attached hydrogens (tertiary/aromatic N) is 1. The molecule has 1 aromatic rings. The number of rotatable bonds is 9. The van der Waals surface area contributed by atoms with E-state index in [1.54, 1.807) is 13.8 Å². The van der Waals surface area contributed by atoms with Crippen LogP contribution in [0, 0.1) is 0 Å². The van der Waals surface area contributed by atoms with Crippen LogP contribution < -0.4 is 9.47 Å². The first kappa shape index (κ1) is 28.7. The number of hydrogen-bond acceptors (Lipinski definition) is 11. The number of aliphatic hydroxyl groups is 3. The summed E-state index contributed by atoms with van der Waals surface area (Å²) in [6.45, 7) is 4.98. The summed E-state index contributed by atoms with van der Waals surface area (Å²) < 4.78 is 27.8. The van der Waals surface area contributed by atoms with Crippen molar-refractivity contribution >= 4 is 11.9 Å². The molecular weight excluding hydrogens is 522 g/mol. The topological polar surface area (TPSA) is 144 Å². The van der Waals surface area contributed by atoms with Gasteiger partial charge in [-0.2, -0.15) is 0 Å². The third-order valence-electron chi connectivity index (χ3n) is 8.77. The fourth-order valence-electron chi connectivity index (χ4n) is 6.76. The van der Waals surface area contributed by atoms with Crippen LogP contribution in [-0.2, 0) is 30.2 Å². The van der Waals surface area contributed by atoms with Crippen LogP contribution >= 0.6 is 0 Å². The third kappa shape index (κ3) is 4.82. The second kappa shape index (κ2) is 10.5. The van der Waals surface area contributed by atoms with Crippen LogP contribution in [0.25, 0.3) is 0 Å². The number of methoxy groups -OCH3 is 2. The summed E-state index contributed by atoms with van der Waals surface area (Å²) >= 11 is 0. The molecule has 3 aliphatic heterocycles. The largest absolute Gasteiger partial charge is 0.497 e. The maximum atomic E-state index is 13.8. The normalized spacial score (nSPS) is 27.4. The Kier molecular flexibility index (Phi) is 7.54. The van der Waals surface area contributed by atoms with Gasteiger partial charge in [0, 0.05) is 6.54 Å². The van der Waals surface area contributed by atoms with Crippen molar-refractivity contribution in [3.05, 3.63) is 35.1 Å². The standard InChI is InChI=1S/C29H39NO10/c1-27(2,34)8-5-10-29(35,24(31)25(32)37-4)26(33)40-23-21(36-3)15-28-9-6-11-30(28)12-7-17-13-19-20(39-16-38-19)14-18(17)22(23)28/h13-15,22-24,31,34-35H,5-12,16H2,1-4H3/t22-,23+,24+,28-,29+/m0/s1. The molecule has 0 aromatic heterocycles. The predicted octanol–water partition coefficient (Wildman–Crippen LogP) is 1.55. The second-order valence-electron chi connectivity index (χ2n) is 11.8. The zero-order valence-corrected chi connectivity index (χ0v) is 23.5. The van der Waals surface area contributed by atoms with Gasteiger partial charge >= 0.3 is 11.9 Å². The molecule has 1 saturated heterocycles. The van der Waals surface area contributed by atoms with Gasteiger partial charge in [0.25, 0.3) is 0 Å². The van der Waals surface area contributed by atoms with E-state index in [0.717, 1.165) is 50.6 Å². The van der Waals surface area contributed by atoms with E-state index in [0.29, 0.717) is 17.3 Å². The van der Waals surface area contributed by atoms with Gasteiger partial charge in [-0.15, -0.1) is 0 Å². The van der Waals surface area contributed by atoms with Gasteiger partial charge in [-0.05, 0) is 88.3 Å². The van der Waals surface area contributed by atoms with Gasteiger partial charge in [0.1, 0.15) is 5.76 Å². The Hall–Kier alpha value is -2.86. The number of carbonyl (C=O) groups is 2. The lowest BCUT2D eigenvalue weighted by atomic mass is 9.77. The molecule has 11 heteroatoms. The molecule has 1 aromatic carbocycles. The molecule has 0 amide bonds. The highest BCUT2D eigenvalue weighted by Crippen LogP contribution is 2.55. The van der Waals surface area contributed by atoms with Crippen LogP contribution in [-0.4, -0.2) is 95.2 Å². The molecule has 0 unspecified atom stereocenters. The molecule has 1 aliphatic carbocycles. The Morgan fingerprint density at radius 2 is 1.88 bits per heavy atom. The Balaban J connectivity index is 1.53. The SMILES string of the molecule is COC(=O)[C@@H](O)[C@](O)(CCCC(C)(C)O)C(=O)O[C@@H]1C(OC)=C[C@]23CCCN2CCc2cc4c(cc2[C@@H]13)OCO4. The van der Waals surface area contributed by atoms with Gasteiger partial charge in [0.2, 0.25) is 6.79 Å². The van der Waals surface area contributed by atoms with Crippen molar-refractivity contribution in [3.8, 4) is 11.5 Å². The molecule has 40 heavy (non-hydrogen) atoms. The van der Waals surface area contributed by atoms with Crippen LogP contribution in [0.1, 0.15) is 63.0 Å². The maximum Gasteiger partial charge on any atom is 0.342 e. The average molecular weight is 562 g/mol. The Labute approximate surface area is 233 Å². The quantitative estimate of drug-likeness (QED) is 0.378. The molecule has 220 valence electrons. The fourth-order valence-corrected chi connectivity index (χ4v) is 6.76. The highest BCUT2D eigenvalue weighted by Gasteiger charge is 2.59. The van der Waals surface area contributed by atoms with Gasteiger partial charge in [-0.25, -0.2) is 9.59 Å². The van der Waals surface area contributed by atoms with E-state index < -0.39 is 46.8 Å². The summed E-state index contributed by atoms with van der Waals surface area (Å²) in [5, 5.41) is 32.4. The van der Waals surface area contributed by atoms with Crippen LogP contribution in [0.4, 0.5) is 0 Å². The molecule has 11 nitrogen and oxygen atoms in total. The monoisotopic (exact) mass is 561 g/mol. The lowest BCUT2D eigenvalue weighted by molar-refractivity contribution is -0.195. The van der Waals surface area contributed by atoms with E-state index in [1.807, 2.05) is 18.2 Å². The summed E-state index contributed by atoms with van der Waals surface area (Å²) in [6.07, 6.45) is 1.44. The number of fused-ring (bicyclic) bond motifs is 3. The molecule has 3 heterocycles. The summed E-state index contributed by atoms with van der Waals surface area (Å²) in [5.74, 6) is -1.01. The summed E-state index contributed by atoms with van der Waals surface area (Å²) in [5.41, 5.74) is -2.19. The number of hydrogen-bond donors (Lipinski definition) is 3. The van der Waals surface area contributed by atoms with Crippen molar-refractivity contribution in [2.75, 3.05) is 34.1 Å². The van der Waals surface area contributed by atoms with Crippen molar-refractivity contribution in [2.24, 2.45) is 0 Å². The van der Waals surface area contributed by atoms with Crippen molar-refractivity contribution < 1.29 is 48.6 Å². The zero-order valence-electron chi connectivity index (χ0n) is 23.5. The first-order valence-electron chi connectivity index (χ1n) is 13.8. The molecular formula is C29H39NO10. The summed E-state index contributed by atoms with van der Waals surface area (Å²) in [7, 11) is 2.56. The fraction of sp³-hybridized carbons (Fsp3) is 0.655. The highest BCUT2D eigenvalue weighted by atomic mass is 16.7. The number of ether oxygens (including phenoxy) is 5. The lowest BCUT2D eigenvalue weighted by Gasteiger charge is -2.40. The van der Waals surface area contributed by atoms with Gasteiger partial charge in [-0.3, -0.25) is 4.90 Å². The number of aliphatic hydroxyl groups excluding tert-OH is 1. The molecule has 1 fully saturated rings. The van der Waals surface area contributed by atoms with E-state index in [1.165, 1.54) is 7.11 Å². The minimum absolute atomic E-state index is 0.128. The first-order valence-corrected chi connectivity index (χ1v) is 13.8. The Morgan fingerprint density at radius 1 is 1.15 bits per heavy atom. The number of carbonyl (C=O) groups excluding carboxylic acids is 2. The molecule has 0 bridgehead atoms. The Morgan fingerprint density at radius 3 is 2.55 bits per heavy atom. The molecule has 3 N–H and O–H groups in total. The van der Waals surface area contributed by atoms with Gasteiger partial charge in [-0.1, -0.05) is 0 Å². The first-order chi connectivity index (χ1) is 18.9. The predicted molar refractivity (Wildman–Crippen MR) is 141 cm³/mol. The van der Waals surface area contributed by atoms with Gasteiger partial charge < -0.3 is 39.0 Å². The van der Waals surface area contributed by atoms with Crippen LogP contribution in [0.5, 0.6) is 11.5 Å². The van der Waals surface area contributed by atoms with E-state index in [9.17, 15) is 24.9 Å². The lowest BCUT2D eigenvalue weighted by Crippen LogP contribution is -2.56. The smallest absolute Gasteiger partial charge is 0.342 e. The van der Waals surface area contributed by atoms with Crippen LogP contribution in [0.15, 0.2) is 24.0 Å². The number of benzene rings is 1. The van der Waals surface area contributed by atoms with Crippen molar-refractivity contribution in [3.63, 3.8) is 0 Å². The molecule has 0 radical (unpaired) electrons. The summed E-state index contributed by atoms with van der Waals surface area (Å²) in [4.78, 5) is 28.5. The van der Waals surface area contributed by atoms with Crippen molar-refractivity contribution in [1.29, 1.82) is 0 Å². The number of esters is 2. The zero-order chi connectivity index (χ0) is 28.9. The average Bonchev–Trinajstić information content (AvgIpc) is 3.60. The Bertz CT molecular complexity index is 1190. The van der Waals surface area contributed by atoms with Crippen molar-refractivity contribution in [1.82, 2.24) is 4.90 Å². The summed E-state index contributed by atoms with van der Waals surface area (Å²) in [6, 6.07) is 3.92. The van der Waals surface area contributed by atoms with E-state index in [4.69, 9.17) is 18.9 Å². The second-order valence-corrected chi connectivity index (χ2v) is 11.8. The van der Waals surface area contributed by atoms with Gasteiger partial charge in [0.05, 0.1) is 31.3 Å². The van der Waals surface area contributed by atoms with Crippen LogP contribution in [0.3, 0.4) is 0 Å². The maximum absolute atomic E-state index is 13.8. The van der Waals surface area contributed by atoms with E-state index in [2.05, 4.69) is 9.64 Å². The molecule has 4 aliphatic rings. The molecule has 1 spiro atoms. The molecule has 5 rings (SSSR count). The molecule has 0 saturated carbocycles.